The molecule has 2 heterocycles. The first-order chi connectivity index (χ1) is 11.7. The lowest BCUT2D eigenvalue weighted by molar-refractivity contribution is 0.335. The van der Waals surface area contributed by atoms with Gasteiger partial charge in [0.1, 0.15) is 0 Å². The molecule has 0 aliphatic heterocycles. The summed E-state index contributed by atoms with van der Waals surface area (Å²) >= 11 is 0. The molecule has 2 aromatic heterocycles. The molecule has 0 saturated heterocycles. The van der Waals surface area contributed by atoms with E-state index in [2.05, 4.69) is 20.4 Å². The van der Waals surface area contributed by atoms with Gasteiger partial charge < -0.3 is 14.6 Å². The molecule has 0 aliphatic carbocycles. The molecule has 0 radical (unpaired) electrons. The SMILES string of the molecule is COc1cccc(CNC(C)c2nc(Cc3ccccc3)no2)n1. The molecule has 124 valence electrons. The highest BCUT2D eigenvalue weighted by atomic mass is 16.5. The van der Waals surface area contributed by atoms with Crippen LogP contribution in [0.15, 0.2) is 53.1 Å². The van der Waals surface area contributed by atoms with Gasteiger partial charge >= 0.3 is 0 Å². The zero-order chi connectivity index (χ0) is 16.8. The lowest BCUT2D eigenvalue weighted by Crippen LogP contribution is -2.19. The van der Waals surface area contributed by atoms with Gasteiger partial charge in [-0.15, -0.1) is 0 Å². The summed E-state index contributed by atoms with van der Waals surface area (Å²) in [5.74, 6) is 1.86. The lowest BCUT2D eigenvalue weighted by Gasteiger charge is -2.09. The normalized spacial score (nSPS) is 12.1. The molecule has 0 aliphatic rings. The van der Waals surface area contributed by atoms with E-state index in [-0.39, 0.29) is 6.04 Å². The van der Waals surface area contributed by atoms with Crippen LogP contribution >= 0.6 is 0 Å². The summed E-state index contributed by atoms with van der Waals surface area (Å²) in [5, 5.41) is 7.38. The fourth-order valence-electron chi connectivity index (χ4n) is 2.31. The molecule has 3 aromatic rings. The molecule has 0 amide bonds. The van der Waals surface area contributed by atoms with Crippen molar-refractivity contribution in [3.8, 4) is 5.88 Å². The van der Waals surface area contributed by atoms with E-state index in [1.165, 1.54) is 0 Å². The Bertz CT molecular complexity index is 773. The molecule has 1 aromatic carbocycles. The predicted octanol–water partition coefficient (Wildman–Crippen LogP) is 2.91. The Morgan fingerprint density at radius 2 is 1.92 bits per heavy atom. The number of hydrogen-bond donors (Lipinski definition) is 1. The van der Waals surface area contributed by atoms with Crippen LogP contribution in [0, 0.1) is 0 Å². The van der Waals surface area contributed by atoms with E-state index in [4.69, 9.17) is 9.26 Å². The van der Waals surface area contributed by atoms with Crippen molar-refractivity contribution in [2.75, 3.05) is 7.11 Å². The van der Waals surface area contributed by atoms with Gasteiger partial charge in [0.2, 0.25) is 11.8 Å². The minimum atomic E-state index is -0.0602. The Morgan fingerprint density at radius 3 is 2.71 bits per heavy atom. The van der Waals surface area contributed by atoms with E-state index in [9.17, 15) is 0 Å². The molecule has 6 nitrogen and oxygen atoms in total. The highest BCUT2D eigenvalue weighted by Crippen LogP contribution is 2.13. The van der Waals surface area contributed by atoms with E-state index in [0.717, 1.165) is 11.3 Å². The van der Waals surface area contributed by atoms with Crippen LogP contribution in [0.2, 0.25) is 0 Å². The van der Waals surface area contributed by atoms with Gasteiger partial charge in [0.05, 0.1) is 18.8 Å². The van der Waals surface area contributed by atoms with Crippen LogP contribution in [0.1, 0.15) is 35.9 Å². The number of rotatable bonds is 7. The number of aromatic nitrogens is 3. The first kappa shape index (κ1) is 16.1. The summed E-state index contributed by atoms with van der Waals surface area (Å²) in [4.78, 5) is 8.83. The summed E-state index contributed by atoms with van der Waals surface area (Å²) in [6, 6.07) is 15.7. The smallest absolute Gasteiger partial charge is 0.243 e. The highest BCUT2D eigenvalue weighted by Gasteiger charge is 2.14. The number of benzene rings is 1. The molecular weight excluding hydrogens is 304 g/mol. The molecule has 6 heteroatoms. The molecule has 0 fully saturated rings. The minimum absolute atomic E-state index is 0.0602. The van der Waals surface area contributed by atoms with Gasteiger partial charge in [-0.1, -0.05) is 41.6 Å². The Balaban J connectivity index is 1.58. The Hall–Kier alpha value is -2.73. The largest absolute Gasteiger partial charge is 0.481 e. The van der Waals surface area contributed by atoms with Gasteiger partial charge in [-0.05, 0) is 18.6 Å². The number of nitrogens with one attached hydrogen (secondary N) is 1. The third kappa shape index (κ3) is 4.17. The second kappa shape index (κ2) is 7.70. The van der Waals surface area contributed by atoms with Crippen molar-refractivity contribution < 1.29 is 9.26 Å². The maximum Gasteiger partial charge on any atom is 0.243 e. The van der Waals surface area contributed by atoms with Crippen LogP contribution in [0.4, 0.5) is 0 Å². The van der Waals surface area contributed by atoms with Crippen molar-refractivity contribution in [3.05, 3.63) is 71.5 Å². The summed E-state index contributed by atoms with van der Waals surface area (Å²) in [6.07, 6.45) is 0.661. The maximum absolute atomic E-state index is 5.36. The Morgan fingerprint density at radius 1 is 1.08 bits per heavy atom. The minimum Gasteiger partial charge on any atom is -0.481 e. The van der Waals surface area contributed by atoms with Gasteiger partial charge in [0.25, 0.3) is 0 Å². The van der Waals surface area contributed by atoms with Crippen molar-refractivity contribution in [2.24, 2.45) is 0 Å². The first-order valence-corrected chi connectivity index (χ1v) is 7.84. The fourth-order valence-corrected chi connectivity index (χ4v) is 2.31. The second-order valence-electron chi connectivity index (χ2n) is 5.49. The maximum atomic E-state index is 5.36. The van der Waals surface area contributed by atoms with Crippen LogP contribution in [-0.4, -0.2) is 22.2 Å². The first-order valence-electron chi connectivity index (χ1n) is 7.84. The number of pyridine rings is 1. The van der Waals surface area contributed by atoms with Gasteiger partial charge in [-0.2, -0.15) is 4.98 Å². The molecular formula is C18H20N4O2. The lowest BCUT2D eigenvalue weighted by atomic mass is 10.1. The summed E-state index contributed by atoms with van der Waals surface area (Å²) < 4.78 is 10.5. The third-order valence-corrected chi connectivity index (χ3v) is 3.64. The average Bonchev–Trinajstić information content (AvgIpc) is 3.09. The van der Waals surface area contributed by atoms with E-state index in [1.54, 1.807) is 7.11 Å². The number of ether oxygens (including phenoxy) is 1. The Kier molecular flexibility index (Phi) is 5.18. The fraction of sp³-hybridized carbons (Fsp3) is 0.278. The highest BCUT2D eigenvalue weighted by molar-refractivity contribution is 5.18. The van der Waals surface area contributed by atoms with Crippen molar-refractivity contribution >= 4 is 0 Å². The zero-order valence-corrected chi connectivity index (χ0v) is 13.8. The van der Waals surface area contributed by atoms with Gasteiger partial charge in [0.15, 0.2) is 5.82 Å². The number of nitrogens with zero attached hydrogens (tertiary/aromatic N) is 3. The summed E-state index contributed by atoms with van der Waals surface area (Å²) in [6.45, 7) is 2.58. The van der Waals surface area contributed by atoms with Gasteiger partial charge in [-0.25, -0.2) is 4.98 Å². The standard InChI is InChI=1S/C18H20N4O2/c1-13(19-12-15-9-6-10-17(20-15)23-2)18-21-16(22-24-18)11-14-7-4-3-5-8-14/h3-10,13,19H,11-12H2,1-2H3. The second-order valence-corrected chi connectivity index (χ2v) is 5.49. The number of methoxy groups -OCH3 is 1. The zero-order valence-electron chi connectivity index (χ0n) is 13.8. The quantitative estimate of drug-likeness (QED) is 0.720. The van der Waals surface area contributed by atoms with Crippen molar-refractivity contribution in [1.82, 2.24) is 20.4 Å². The van der Waals surface area contributed by atoms with Crippen LogP contribution in [0.5, 0.6) is 5.88 Å². The Labute approximate surface area is 140 Å². The predicted molar refractivity (Wildman–Crippen MR) is 89.6 cm³/mol. The van der Waals surface area contributed by atoms with Crippen LogP contribution in [-0.2, 0) is 13.0 Å². The van der Waals surface area contributed by atoms with Gasteiger partial charge in [-0.3, -0.25) is 0 Å². The van der Waals surface area contributed by atoms with Crippen LogP contribution in [0.3, 0.4) is 0 Å². The molecule has 24 heavy (non-hydrogen) atoms. The summed E-state index contributed by atoms with van der Waals surface area (Å²) in [5.41, 5.74) is 2.05. The van der Waals surface area contributed by atoms with Crippen molar-refractivity contribution in [2.45, 2.75) is 25.9 Å². The third-order valence-electron chi connectivity index (χ3n) is 3.64. The summed E-state index contributed by atoms with van der Waals surface area (Å²) in [7, 11) is 1.61. The molecule has 0 spiro atoms. The van der Waals surface area contributed by atoms with Crippen LogP contribution in [0.25, 0.3) is 0 Å². The molecule has 1 N–H and O–H groups in total. The van der Waals surface area contributed by atoms with E-state index >= 15 is 0 Å². The van der Waals surface area contributed by atoms with Crippen molar-refractivity contribution in [3.63, 3.8) is 0 Å². The van der Waals surface area contributed by atoms with Gasteiger partial charge in [0, 0.05) is 19.0 Å². The topological polar surface area (TPSA) is 73.1 Å². The van der Waals surface area contributed by atoms with Crippen molar-refractivity contribution in [1.29, 1.82) is 0 Å². The van der Waals surface area contributed by atoms with E-state index < -0.39 is 0 Å². The van der Waals surface area contributed by atoms with E-state index in [1.807, 2.05) is 55.5 Å². The molecule has 3 rings (SSSR count). The molecule has 1 atom stereocenters. The number of hydrogen-bond acceptors (Lipinski definition) is 6. The molecule has 1 unspecified atom stereocenters. The molecule has 0 bridgehead atoms. The molecule has 0 saturated carbocycles. The average molecular weight is 324 g/mol. The monoisotopic (exact) mass is 324 g/mol. The van der Waals surface area contributed by atoms with E-state index in [0.29, 0.717) is 30.6 Å². The van der Waals surface area contributed by atoms with Crippen LogP contribution < -0.4 is 10.1 Å².